The molecule has 1 saturated carbocycles. The molecule has 0 unspecified atom stereocenters. The van der Waals surface area contributed by atoms with Crippen LogP contribution >= 0.6 is 11.8 Å². The predicted molar refractivity (Wildman–Crippen MR) is 101 cm³/mol. The van der Waals surface area contributed by atoms with E-state index in [1.54, 1.807) is 11.8 Å². The Hall–Kier alpha value is -2.15. The van der Waals surface area contributed by atoms with Crippen molar-refractivity contribution in [3.8, 4) is 11.4 Å². The van der Waals surface area contributed by atoms with E-state index in [0.29, 0.717) is 23.5 Å². The number of hydrogen-bond acceptors (Lipinski definition) is 6. The number of benzene rings is 1. The van der Waals surface area contributed by atoms with Crippen molar-refractivity contribution in [2.24, 2.45) is 0 Å². The van der Waals surface area contributed by atoms with E-state index < -0.39 is 0 Å². The van der Waals surface area contributed by atoms with E-state index in [1.807, 2.05) is 19.1 Å². The number of aryl methyl sites for hydroxylation is 2. The SMILES string of the molecule is Cc1ccc(-c2noc(CSc3nnc(C)n3C3CCCCC3)n2)cc1. The molecule has 0 saturated heterocycles. The normalized spacial score (nSPS) is 15.5. The zero-order valence-corrected chi connectivity index (χ0v) is 16.0. The molecule has 1 aliphatic carbocycles. The second-order valence-electron chi connectivity index (χ2n) is 6.86. The average molecular weight is 369 g/mol. The van der Waals surface area contributed by atoms with Gasteiger partial charge in [-0.3, -0.25) is 0 Å². The molecule has 0 bridgehead atoms. The summed E-state index contributed by atoms with van der Waals surface area (Å²) in [5.74, 6) is 2.83. The maximum absolute atomic E-state index is 5.42. The van der Waals surface area contributed by atoms with Crippen LogP contribution in [0, 0.1) is 13.8 Å². The summed E-state index contributed by atoms with van der Waals surface area (Å²) < 4.78 is 7.72. The molecule has 1 aliphatic rings. The van der Waals surface area contributed by atoms with E-state index in [4.69, 9.17) is 4.52 Å². The molecule has 0 amide bonds. The standard InChI is InChI=1S/C19H23N5OS/c1-13-8-10-15(11-9-13)18-20-17(25-23-18)12-26-19-22-21-14(2)24(19)16-6-4-3-5-7-16/h8-11,16H,3-7,12H2,1-2H3. The van der Waals surface area contributed by atoms with Crippen LogP contribution in [0.5, 0.6) is 0 Å². The summed E-state index contributed by atoms with van der Waals surface area (Å²) in [6.07, 6.45) is 6.34. The average Bonchev–Trinajstić information content (AvgIpc) is 3.28. The van der Waals surface area contributed by atoms with Crippen LogP contribution in [0.15, 0.2) is 33.9 Å². The van der Waals surface area contributed by atoms with Gasteiger partial charge in [-0.05, 0) is 26.7 Å². The molecular formula is C19H23N5OS. The predicted octanol–water partition coefficient (Wildman–Crippen LogP) is 4.74. The van der Waals surface area contributed by atoms with Gasteiger partial charge in [-0.15, -0.1) is 10.2 Å². The summed E-state index contributed by atoms with van der Waals surface area (Å²) in [6, 6.07) is 8.65. The third-order valence-electron chi connectivity index (χ3n) is 4.88. The van der Waals surface area contributed by atoms with Crippen LogP contribution in [0.4, 0.5) is 0 Å². The molecule has 2 heterocycles. The van der Waals surface area contributed by atoms with Gasteiger partial charge in [0.15, 0.2) is 5.16 Å². The highest BCUT2D eigenvalue weighted by atomic mass is 32.2. The van der Waals surface area contributed by atoms with Crippen molar-refractivity contribution in [2.75, 3.05) is 0 Å². The first-order valence-corrected chi connectivity index (χ1v) is 10.1. The first-order chi connectivity index (χ1) is 12.7. The molecule has 7 heteroatoms. The summed E-state index contributed by atoms with van der Waals surface area (Å²) in [4.78, 5) is 4.52. The van der Waals surface area contributed by atoms with E-state index in [-0.39, 0.29) is 0 Å². The molecule has 1 fully saturated rings. The second-order valence-corrected chi connectivity index (χ2v) is 7.80. The van der Waals surface area contributed by atoms with Gasteiger partial charge in [0.25, 0.3) is 0 Å². The van der Waals surface area contributed by atoms with Gasteiger partial charge in [-0.25, -0.2) is 0 Å². The van der Waals surface area contributed by atoms with Gasteiger partial charge in [-0.1, -0.05) is 66.0 Å². The van der Waals surface area contributed by atoms with Crippen molar-refractivity contribution in [1.82, 2.24) is 24.9 Å². The molecule has 26 heavy (non-hydrogen) atoms. The lowest BCUT2D eigenvalue weighted by Gasteiger charge is -2.24. The Morgan fingerprint density at radius 2 is 1.85 bits per heavy atom. The van der Waals surface area contributed by atoms with Crippen LogP contribution < -0.4 is 0 Å². The van der Waals surface area contributed by atoms with E-state index >= 15 is 0 Å². The zero-order chi connectivity index (χ0) is 17.9. The van der Waals surface area contributed by atoms with Crippen molar-refractivity contribution < 1.29 is 4.52 Å². The summed E-state index contributed by atoms with van der Waals surface area (Å²) in [5.41, 5.74) is 2.18. The molecule has 136 valence electrons. The first-order valence-electron chi connectivity index (χ1n) is 9.14. The van der Waals surface area contributed by atoms with Gasteiger partial charge < -0.3 is 9.09 Å². The maximum Gasteiger partial charge on any atom is 0.237 e. The summed E-state index contributed by atoms with van der Waals surface area (Å²) in [5, 5.41) is 13.7. The van der Waals surface area contributed by atoms with E-state index in [2.05, 4.69) is 44.0 Å². The minimum Gasteiger partial charge on any atom is -0.338 e. The van der Waals surface area contributed by atoms with E-state index in [9.17, 15) is 0 Å². The minimum atomic E-state index is 0.520. The highest BCUT2D eigenvalue weighted by Gasteiger charge is 2.22. The topological polar surface area (TPSA) is 69.6 Å². The summed E-state index contributed by atoms with van der Waals surface area (Å²) in [6.45, 7) is 4.10. The molecule has 0 spiro atoms. The van der Waals surface area contributed by atoms with Gasteiger partial charge in [-0.2, -0.15) is 4.98 Å². The fourth-order valence-electron chi connectivity index (χ4n) is 3.47. The number of rotatable bonds is 5. The first kappa shape index (κ1) is 17.3. The number of aromatic nitrogens is 5. The Kier molecular flexibility index (Phi) is 5.06. The lowest BCUT2D eigenvalue weighted by atomic mass is 9.95. The van der Waals surface area contributed by atoms with Gasteiger partial charge >= 0.3 is 0 Å². The van der Waals surface area contributed by atoms with Crippen molar-refractivity contribution in [3.05, 3.63) is 41.5 Å². The fourth-order valence-corrected chi connectivity index (χ4v) is 4.36. The van der Waals surface area contributed by atoms with E-state index in [1.165, 1.54) is 37.7 Å². The summed E-state index contributed by atoms with van der Waals surface area (Å²) >= 11 is 1.62. The van der Waals surface area contributed by atoms with Gasteiger partial charge in [0.1, 0.15) is 5.82 Å². The van der Waals surface area contributed by atoms with Crippen LogP contribution in [-0.2, 0) is 5.75 Å². The third-order valence-corrected chi connectivity index (χ3v) is 5.81. The van der Waals surface area contributed by atoms with E-state index in [0.717, 1.165) is 16.5 Å². The van der Waals surface area contributed by atoms with Crippen LogP contribution in [-0.4, -0.2) is 24.9 Å². The molecule has 0 N–H and O–H groups in total. The Bertz CT molecular complexity index is 864. The molecule has 6 nitrogen and oxygen atoms in total. The van der Waals surface area contributed by atoms with Crippen LogP contribution in [0.3, 0.4) is 0 Å². The third kappa shape index (κ3) is 3.67. The smallest absolute Gasteiger partial charge is 0.237 e. The zero-order valence-electron chi connectivity index (χ0n) is 15.2. The number of thioether (sulfide) groups is 1. The Morgan fingerprint density at radius 1 is 1.08 bits per heavy atom. The number of nitrogens with zero attached hydrogens (tertiary/aromatic N) is 5. The largest absolute Gasteiger partial charge is 0.338 e. The fraction of sp³-hybridized carbons (Fsp3) is 0.474. The molecule has 3 aromatic rings. The number of hydrogen-bond donors (Lipinski definition) is 0. The molecule has 1 aromatic carbocycles. The molecule has 0 radical (unpaired) electrons. The quantitative estimate of drug-likeness (QED) is 0.605. The van der Waals surface area contributed by atoms with Crippen molar-refractivity contribution >= 4 is 11.8 Å². The maximum atomic E-state index is 5.42. The Balaban J connectivity index is 1.46. The van der Waals surface area contributed by atoms with Crippen LogP contribution in [0.25, 0.3) is 11.4 Å². The van der Waals surface area contributed by atoms with Crippen molar-refractivity contribution in [2.45, 2.75) is 62.9 Å². The second kappa shape index (κ2) is 7.61. The molecule has 4 rings (SSSR count). The highest BCUT2D eigenvalue weighted by Crippen LogP contribution is 2.33. The van der Waals surface area contributed by atoms with Gasteiger partial charge in [0, 0.05) is 11.6 Å². The van der Waals surface area contributed by atoms with Crippen molar-refractivity contribution in [3.63, 3.8) is 0 Å². The highest BCUT2D eigenvalue weighted by molar-refractivity contribution is 7.98. The lowest BCUT2D eigenvalue weighted by molar-refractivity contribution is 0.331. The Labute approximate surface area is 157 Å². The summed E-state index contributed by atoms with van der Waals surface area (Å²) in [7, 11) is 0. The molecule has 0 aliphatic heterocycles. The molecule has 0 atom stereocenters. The van der Waals surface area contributed by atoms with Crippen LogP contribution in [0.2, 0.25) is 0 Å². The lowest BCUT2D eigenvalue weighted by Crippen LogP contribution is -2.15. The monoisotopic (exact) mass is 369 g/mol. The Morgan fingerprint density at radius 3 is 2.62 bits per heavy atom. The molecule has 2 aromatic heterocycles. The minimum absolute atomic E-state index is 0.520. The van der Waals surface area contributed by atoms with Gasteiger partial charge in [0.05, 0.1) is 5.75 Å². The van der Waals surface area contributed by atoms with Crippen LogP contribution in [0.1, 0.15) is 55.4 Å². The van der Waals surface area contributed by atoms with Crippen molar-refractivity contribution in [1.29, 1.82) is 0 Å². The van der Waals surface area contributed by atoms with Gasteiger partial charge in [0.2, 0.25) is 11.7 Å². The molecular weight excluding hydrogens is 346 g/mol.